The molecule has 3 rings (SSSR count). The van der Waals surface area contributed by atoms with Gasteiger partial charge in [-0.25, -0.2) is 9.78 Å². The molecular weight excluding hydrogens is 266 g/mol. The highest BCUT2D eigenvalue weighted by Gasteiger charge is 2.13. The Labute approximate surface area is 111 Å². The zero-order valence-electron chi connectivity index (χ0n) is 9.48. The van der Waals surface area contributed by atoms with E-state index in [4.69, 9.17) is 9.84 Å². The number of rotatable bonds is 3. The number of aromatic nitrogens is 3. The second-order valence-corrected chi connectivity index (χ2v) is 4.21. The van der Waals surface area contributed by atoms with Crippen molar-refractivity contribution < 1.29 is 14.6 Å². The molecule has 0 bridgehead atoms. The van der Waals surface area contributed by atoms with Crippen LogP contribution in [0.3, 0.4) is 0 Å². The fraction of sp³-hybridized carbons (Fsp3) is 0. The molecule has 0 aliphatic heterocycles. The summed E-state index contributed by atoms with van der Waals surface area (Å²) in [4.78, 5) is 15.0. The molecule has 19 heavy (non-hydrogen) atoms. The molecule has 0 aliphatic carbocycles. The minimum atomic E-state index is -1.08. The van der Waals surface area contributed by atoms with Gasteiger partial charge in [0.05, 0.1) is 11.7 Å². The third-order valence-electron chi connectivity index (χ3n) is 2.44. The Kier molecular flexibility index (Phi) is 2.81. The highest BCUT2D eigenvalue weighted by Crippen LogP contribution is 2.25. The van der Waals surface area contributed by atoms with Crippen molar-refractivity contribution in [1.29, 1.82) is 0 Å². The van der Waals surface area contributed by atoms with Crippen LogP contribution in [-0.4, -0.2) is 24.8 Å². The van der Waals surface area contributed by atoms with Crippen molar-refractivity contribution in [1.82, 2.24) is 13.7 Å². The van der Waals surface area contributed by atoms with E-state index in [0.717, 1.165) is 17.2 Å². The minimum absolute atomic E-state index is 0.0130. The Hall–Kier alpha value is -2.54. The number of benzene rings is 1. The van der Waals surface area contributed by atoms with Crippen LogP contribution in [0.15, 0.2) is 36.5 Å². The lowest BCUT2D eigenvalue weighted by Crippen LogP contribution is -2.01. The van der Waals surface area contributed by atoms with Gasteiger partial charge in [-0.2, -0.15) is 8.75 Å². The smallest absolute Gasteiger partial charge is 0.341 e. The van der Waals surface area contributed by atoms with Gasteiger partial charge >= 0.3 is 5.97 Å². The molecule has 7 heteroatoms. The van der Waals surface area contributed by atoms with Gasteiger partial charge in [-0.05, 0) is 24.3 Å². The third-order valence-corrected chi connectivity index (χ3v) is 3.00. The summed E-state index contributed by atoms with van der Waals surface area (Å²) in [5.41, 5.74) is 1.49. The molecule has 2 aromatic heterocycles. The molecule has 2 heterocycles. The van der Waals surface area contributed by atoms with Crippen LogP contribution < -0.4 is 4.74 Å². The molecular formula is C12H7N3O3S. The van der Waals surface area contributed by atoms with Gasteiger partial charge in [-0.3, -0.25) is 0 Å². The standard InChI is InChI=1S/C12H7N3O3S/c16-12(17)8-2-1-5-13-11(8)18-7-3-4-9-10(6-7)15-19-14-9/h1-6H,(H,16,17). The number of carboxylic acids is 1. The Bertz CT molecular complexity index is 757. The summed E-state index contributed by atoms with van der Waals surface area (Å²) in [6.07, 6.45) is 1.48. The topological polar surface area (TPSA) is 85.2 Å². The van der Waals surface area contributed by atoms with Crippen LogP contribution in [0.25, 0.3) is 11.0 Å². The number of pyridine rings is 1. The molecule has 1 aromatic carbocycles. The first-order chi connectivity index (χ1) is 9.24. The van der Waals surface area contributed by atoms with E-state index < -0.39 is 5.97 Å². The first-order valence-electron chi connectivity index (χ1n) is 5.32. The largest absolute Gasteiger partial charge is 0.477 e. The molecule has 0 radical (unpaired) electrons. The van der Waals surface area contributed by atoms with Gasteiger partial charge in [-0.1, -0.05) is 0 Å². The van der Waals surface area contributed by atoms with E-state index in [1.807, 2.05) is 0 Å². The van der Waals surface area contributed by atoms with Gasteiger partial charge in [-0.15, -0.1) is 0 Å². The van der Waals surface area contributed by atoms with Crippen molar-refractivity contribution in [2.75, 3.05) is 0 Å². The number of fused-ring (bicyclic) bond motifs is 1. The SMILES string of the molecule is O=C(O)c1cccnc1Oc1ccc2nsnc2c1. The van der Waals surface area contributed by atoms with Crippen LogP contribution in [-0.2, 0) is 0 Å². The molecule has 0 spiro atoms. The van der Waals surface area contributed by atoms with E-state index in [9.17, 15) is 4.79 Å². The molecule has 0 atom stereocenters. The summed E-state index contributed by atoms with van der Waals surface area (Å²) in [5, 5.41) is 9.04. The van der Waals surface area contributed by atoms with E-state index in [1.54, 1.807) is 24.3 Å². The van der Waals surface area contributed by atoms with Gasteiger partial charge in [0.15, 0.2) is 0 Å². The van der Waals surface area contributed by atoms with Gasteiger partial charge < -0.3 is 9.84 Å². The van der Waals surface area contributed by atoms with Crippen LogP contribution in [0.1, 0.15) is 10.4 Å². The zero-order chi connectivity index (χ0) is 13.2. The lowest BCUT2D eigenvalue weighted by atomic mass is 10.2. The van der Waals surface area contributed by atoms with Gasteiger partial charge in [0, 0.05) is 12.3 Å². The van der Waals surface area contributed by atoms with E-state index in [2.05, 4.69) is 13.7 Å². The molecule has 0 aliphatic rings. The first-order valence-corrected chi connectivity index (χ1v) is 6.05. The Balaban J connectivity index is 1.98. The number of hydrogen-bond acceptors (Lipinski definition) is 6. The maximum atomic E-state index is 11.0. The number of ether oxygens (including phenoxy) is 1. The van der Waals surface area contributed by atoms with E-state index in [0.29, 0.717) is 11.3 Å². The summed E-state index contributed by atoms with van der Waals surface area (Å²) in [6.45, 7) is 0. The summed E-state index contributed by atoms with van der Waals surface area (Å²) >= 11 is 1.11. The quantitative estimate of drug-likeness (QED) is 0.789. The number of aromatic carboxylic acids is 1. The molecule has 6 nitrogen and oxygen atoms in total. The first kappa shape index (κ1) is 11.5. The second kappa shape index (κ2) is 4.62. The van der Waals surface area contributed by atoms with Gasteiger partial charge in [0.2, 0.25) is 5.88 Å². The fourth-order valence-electron chi connectivity index (χ4n) is 1.57. The van der Waals surface area contributed by atoms with Crippen molar-refractivity contribution in [2.24, 2.45) is 0 Å². The predicted molar refractivity (Wildman–Crippen MR) is 68.7 cm³/mol. The maximum Gasteiger partial charge on any atom is 0.341 e. The Morgan fingerprint density at radius 1 is 1.21 bits per heavy atom. The summed E-state index contributed by atoms with van der Waals surface area (Å²) < 4.78 is 13.7. The lowest BCUT2D eigenvalue weighted by Gasteiger charge is -2.06. The van der Waals surface area contributed by atoms with E-state index in [-0.39, 0.29) is 11.4 Å². The normalized spacial score (nSPS) is 10.5. The van der Waals surface area contributed by atoms with Crippen molar-refractivity contribution in [3.63, 3.8) is 0 Å². The molecule has 3 aromatic rings. The van der Waals surface area contributed by atoms with Crippen LogP contribution in [0, 0.1) is 0 Å². The average Bonchev–Trinajstić information content (AvgIpc) is 2.86. The van der Waals surface area contributed by atoms with Crippen LogP contribution in [0.5, 0.6) is 11.6 Å². The van der Waals surface area contributed by atoms with Crippen molar-refractivity contribution >= 4 is 28.7 Å². The lowest BCUT2D eigenvalue weighted by molar-refractivity contribution is 0.0693. The molecule has 0 saturated carbocycles. The predicted octanol–water partition coefficient (Wildman–Crippen LogP) is 2.58. The molecule has 0 unspecified atom stereocenters. The maximum absolute atomic E-state index is 11.0. The van der Waals surface area contributed by atoms with Crippen LogP contribution in [0.4, 0.5) is 0 Å². The monoisotopic (exact) mass is 273 g/mol. The highest BCUT2D eigenvalue weighted by atomic mass is 32.1. The third kappa shape index (κ3) is 2.23. The molecule has 0 fully saturated rings. The van der Waals surface area contributed by atoms with Crippen molar-refractivity contribution in [3.05, 3.63) is 42.1 Å². The average molecular weight is 273 g/mol. The van der Waals surface area contributed by atoms with Gasteiger partial charge in [0.1, 0.15) is 22.3 Å². The highest BCUT2D eigenvalue weighted by molar-refractivity contribution is 7.00. The van der Waals surface area contributed by atoms with Gasteiger partial charge in [0.25, 0.3) is 0 Å². The van der Waals surface area contributed by atoms with Crippen molar-refractivity contribution in [2.45, 2.75) is 0 Å². The number of hydrogen-bond donors (Lipinski definition) is 1. The summed E-state index contributed by atoms with van der Waals surface area (Å²) in [5.74, 6) is -0.557. The number of carboxylic acid groups (broad SMARTS) is 1. The molecule has 0 amide bonds. The molecule has 94 valence electrons. The summed E-state index contributed by atoms with van der Waals surface area (Å²) in [7, 11) is 0. The van der Waals surface area contributed by atoms with E-state index in [1.165, 1.54) is 12.3 Å². The fourth-order valence-corrected chi connectivity index (χ4v) is 2.09. The molecule has 0 saturated heterocycles. The van der Waals surface area contributed by atoms with Crippen LogP contribution >= 0.6 is 11.7 Å². The summed E-state index contributed by atoms with van der Waals surface area (Å²) in [6, 6.07) is 8.14. The number of carbonyl (C=O) groups is 1. The number of nitrogens with zero attached hydrogens (tertiary/aromatic N) is 3. The second-order valence-electron chi connectivity index (χ2n) is 3.68. The van der Waals surface area contributed by atoms with Crippen LogP contribution in [0.2, 0.25) is 0 Å². The molecule has 1 N–H and O–H groups in total. The minimum Gasteiger partial charge on any atom is -0.477 e. The van der Waals surface area contributed by atoms with E-state index >= 15 is 0 Å². The van der Waals surface area contributed by atoms with Crippen molar-refractivity contribution in [3.8, 4) is 11.6 Å². The Morgan fingerprint density at radius 3 is 2.89 bits per heavy atom. The Morgan fingerprint density at radius 2 is 2.05 bits per heavy atom. The zero-order valence-corrected chi connectivity index (χ0v) is 10.3.